The molecule has 1 amide bonds. The van der Waals surface area contributed by atoms with Crippen LogP contribution in [0, 0.1) is 40.4 Å². The second-order valence-corrected chi connectivity index (χ2v) is 11.8. The highest BCUT2D eigenvalue weighted by molar-refractivity contribution is 6.09. The van der Waals surface area contributed by atoms with E-state index in [0.717, 1.165) is 0 Å². The number of aromatic hydroxyl groups is 1. The summed E-state index contributed by atoms with van der Waals surface area (Å²) in [5.74, 6) is -11.4. The van der Waals surface area contributed by atoms with Crippen LogP contribution in [0.25, 0.3) is 0 Å². The van der Waals surface area contributed by atoms with Crippen molar-refractivity contribution in [2.24, 2.45) is 46.2 Å². The third-order valence-electron chi connectivity index (χ3n) is 10.2. The highest BCUT2D eigenvalue weighted by Gasteiger charge is 2.80. The van der Waals surface area contributed by atoms with Gasteiger partial charge in [0.05, 0.1) is 17.6 Å². The number of carbonyl (C=O) groups excluding carboxylic acids is 3. The quantitative estimate of drug-likeness (QED) is 0.314. The lowest BCUT2D eigenvalue weighted by atomic mass is 9.33. The summed E-state index contributed by atoms with van der Waals surface area (Å²) in [7, 11) is 0. The molecule has 3 aliphatic rings. The molecule has 202 valence electrons. The van der Waals surface area contributed by atoms with E-state index < -0.39 is 94.0 Å². The van der Waals surface area contributed by atoms with Crippen molar-refractivity contribution in [1.29, 1.82) is 0 Å². The number of hydrogen-bond donors (Lipinski definition) is 6. The third kappa shape index (κ3) is 3.09. The van der Waals surface area contributed by atoms with Gasteiger partial charge in [-0.05, 0) is 40.7 Å². The number of amides is 1. The van der Waals surface area contributed by atoms with E-state index >= 15 is 0 Å². The topological polar surface area (TPSA) is 195 Å². The Kier molecular flexibility index (Phi) is 6.14. The van der Waals surface area contributed by atoms with E-state index in [4.69, 9.17) is 5.73 Å². The molecule has 0 bridgehead atoms. The molecule has 0 radical (unpaired) electrons. The van der Waals surface area contributed by atoms with E-state index in [1.54, 1.807) is 39.8 Å². The van der Waals surface area contributed by atoms with Crippen LogP contribution in [0.3, 0.4) is 0 Å². The minimum atomic E-state index is -2.79. The minimum absolute atomic E-state index is 0.0621. The first-order valence-corrected chi connectivity index (χ1v) is 12.5. The van der Waals surface area contributed by atoms with E-state index in [0.29, 0.717) is 5.56 Å². The average Bonchev–Trinajstić information content (AvgIpc) is 2.78. The third-order valence-corrected chi connectivity index (χ3v) is 10.2. The first kappa shape index (κ1) is 27.2. The van der Waals surface area contributed by atoms with E-state index in [9.17, 15) is 44.7 Å². The molecule has 0 heterocycles. The number of ketones is 2. The normalized spacial score (nSPS) is 43.1. The van der Waals surface area contributed by atoms with Gasteiger partial charge >= 0.3 is 5.97 Å². The molecule has 3 aliphatic carbocycles. The molecule has 7 N–H and O–H groups in total. The zero-order valence-electron chi connectivity index (χ0n) is 21.5. The van der Waals surface area contributed by atoms with Crippen molar-refractivity contribution in [2.75, 3.05) is 0 Å². The average molecular weight is 518 g/mol. The summed E-state index contributed by atoms with van der Waals surface area (Å²) >= 11 is 0. The predicted octanol–water partition coefficient (Wildman–Crippen LogP) is 0.835. The lowest BCUT2D eigenvalue weighted by Gasteiger charge is -2.70. The van der Waals surface area contributed by atoms with Crippen molar-refractivity contribution < 1.29 is 44.7 Å². The fourth-order valence-corrected chi connectivity index (χ4v) is 8.55. The second-order valence-electron chi connectivity index (χ2n) is 11.8. The number of rotatable bonds is 4. The Morgan fingerprint density at radius 1 is 1.14 bits per heavy atom. The molecule has 2 saturated carbocycles. The maximum atomic E-state index is 14.0. The highest BCUT2D eigenvalue weighted by atomic mass is 16.4. The van der Waals surface area contributed by atoms with Crippen LogP contribution < -0.4 is 5.73 Å². The number of carboxylic acids is 1. The summed E-state index contributed by atoms with van der Waals surface area (Å²) in [6, 6.07) is 4.53. The number of aliphatic carboxylic acids is 1. The number of aliphatic hydroxyl groups is 3. The number of primary amides is 1. The van der Waals surface area contributed by atoms with Gasteiger partial charge in [-0.1, -0.05) is 46.8 Å². The van der Waals surface area contributed by atoms with Crippen molar-refractivity contribution in [2.45, 2.75) is 64.8 Å². The van der Waals surface area contributed by atoms with E-state index in [-0.39, 0.29) is 11.3 Å². The van der Waals surface area contributed by atoms with Crippen LogP contribution >= 0.6 is 0 Å². The molecule has 1 aromatic carbocycles. The van der Waals surface area contributed by atoms with Crippen molar-refractivity contribution in [3.8, 4) is 5.75 Å². The van der Waals surface area contributed by atoms with Crippen molar-refractivity contribution in [1.82, 2.24) is 0 Å². The molecule has 4 rings (SSSR count). The number of carbonyl (C=O) groups is 4. The summed E-state index contributed by atoms with van der Waals surface area (Å²) < 4.78 is 0. The Balaban J connectivity index is 2.13. The number of nitrogens with two attached hydrogens (primary N) is 1. The van der Waals surface area contributed by atoms with Gasteiger partial charge in [-0.25, -0.2) is 0 Å². The Bertz CT molecular complexity index is 1200. The van der Waals surface area contributed by atoms with Crippen LogP contribution in [0.5, 0.6) is 5.75 Å². The van der Waals surface area contributed by atoms with E-state index in [1.807, 2.05) is 0 Å². The SMILES string of the molecule is CC(C)[C@H]1C(O)[C@@H](C(N)=O)C(=O)[C@]2(O)C(O)[C@H]3C(=O)c4c(O)cccc4[C@@H](C)[C@]3(C)[C@@H](CC(=O)O)[C@]12C. The Morgan fingerprint density at radius 3 is 2.24 bits per heavy atom. The summed E-state index contributed by atoms with van der Waals surface area (Å²) in [4.78, 5) is 52.5. The van der Waals surface area contributed by atoms with Gasteiger partial charge in [0.25, 0.3) is 0 Å². The Labute approximate surface area is 214 Å². The van der Waals surface area contributed by atoms with Gasteiger partial charge in [-0.2, -0.15) is 0 Å². The molecular weight excluding hydrogens is 482 g/mol. The zero-order chi connectivity index (χ0) is 28.0. The summed E-state index contributed by atoms with van der Waals surface area (Å²) in [5, 5.41) is 56.0. The van der Waals surface area contributed by atoms with E-state index in [1.165, 1.54) is 13.0 Å². The fourth-order valence-electron chi connectivity index (χ4n) is 8.55. The van der Waals surface area contributed by atoms with Crippen LogP contribution in [0.4, 0.5) is 0 Å². The number of Topliss-reactive ketones (excluding diaryl/α,β-unsaturated/α-hetero) is 2. The number of aliphatic hydroxyl groups excluding tert-OH is 2. The molecule has 2 fully saturated rings. The van der Waals surface area contributed by atoms with Crippen LogP contribution in [-0.2, 0) is 14.4 Å². The maximum Gasteiger partial charge on any atom is 0.303 e. The smallest absolute Gasteiger partial charge is 0.303 e. The Morgan fingerprint density at radius 2 is 1.73 bits per heavy atom. The van der Waals surface area contributed by atoms with Crippen molar-refractivity contribution in [3.63, 3.8) is 0 Å². The van der Waals surface area contributed by atoms with Crippen LogP contribution in [0.2, 0.25) is 0 Å². The van der Waals surface area contributed by atoms with Gasteiger partial charge in [-0.3, -0.25) is 19.2 Å². The highest BCUT2D eigenvalue weighted by Crippen LogP contribution is 2.71. The molecule has 10 nitrogen and oxygen atoms in total. The lowest BCUT2D eigenvalue weighted by Crippen LogP contribution is -2.82. The standard InChI is InChI=1S/C27H35NO9/c1-10(2)18-21(33)17(24(28)36)22(34)27(37)23(35)19-20(32)16-12(7-6-8-13(16)29)11(3)25(19,4)14(9-15(30)31)26(18,27)5/h6-8,10-11,14,17-19,21,23,29,33,35,37H,9H2,1-5H3,(H2,28,36)(H,30,31)/t11-,14-,17-,18+,19-,21?,23?,25-,26-,27+/m1/s1. The lowest BCUT2D eigenvalue weighted by molar-refractivity contribution is -0.293. The van der Waals surface area contributed by atoms with Crippen LogP contribution in [0.15, 0.2) is 18.2 Å². The number of phenols is 1. The number of fused-ring (bicyclic) bond motifs is 3. The van der Waals surface area contributed by atoms with Gasteiger partial charge in [0, 0.05) is 11.8 Å². The number of carboxylic acid groups (broad SMARTS) is 1. The van der Waals surface area contributed by atoms with Gasteiger partial charge < -0.3 is 31.3 Å². The first-order valence-electron chi connectivity index (χ1n) is 12.5. The molecule has 1 aromatic rings. The molecular formula is C27H35NO9. The van der Waals surface area contributed by atoms with Crippen LogP contribution in [0.1, 0.15) is 62.9 Å². The van der Waals surface area contributed by atoms with Crippen LogP contribution in [-0.4, -0.2) is 66.8 Å². The number of phenolic OH excluding ortho intramolecular Hbond substituents is 1. The monoisotopic (exact) mass is 517 g/mol. The molecule has 0 spiro atoms. The van der Waals surface area contributed by atoms with Crippen molar-refractivity contribution in [3.05, 3.63) is 29.3 Å². The van der Waals surface area contributed by atoms with E-state index in [2.05, 4.69) is 0 Å². The van der Waals surface area contributed by atoms with Gasteiger partial charge in [-0.15, -0.1) is 0 Å². The molecule has 37 heavy (non-hydrogen) atoms. The maximum absolute atomic E-state index is 14.0. The summed E-state index contributed by atoms with van der Waals surface area (Å²) in [5.41, 5.74) is -0.0273. The molecule has 0 aliphatic heterocycles. The second kappa shape index (κ2) is 8.34. The predicted molar refractivity (Wildman–Crippen MR) is 129 cm³/mol. The zero-order valence-corrected chi connectivity index (χ0v) is 21.5. The molecule has 10 atom stereocenters. The number of benzene rings is 1. The van der Waals surface area contributed by atoms with Gasteiger partial charge in [0.15, 0.2) is 17.2 Å². The van der Waals surface area contributed by atoms with Gasteiger partial charge in [0.1, 0.15) is 17.8 Å². The number of hydrogen-bond acceptors (Lipinski definition) is 8. The Hall–Kier alpha value is -2.82. The van der Waals surface area contributed by atoms with Crippen molar-refractivity contribution >= 4 is 23.4 Å². The largest absolute Gasteiger partial charge is 0.507 e. The first-order chi connectivity index (χ1) is 17.0. The molecule has 2 unspecified atom stereocenters. The minimum Gasteiger partial charge on any atom is -0.507 e. The summed E-state index contributed by atoms with van der Waals surface area (Å²) in [6.07, 6.45) is -4.31. The molecule has 10 heteroatoms. The fraction of sp³-hybridized carbons (Fsp3) is 0.630. The summed E-state index contributed by atoms with van der Waals surface area (Å²) in [6.45, 7) is 8.28. The molecule has 0 aromatic heterocycles. The van der Waals surface area contributed by atoms with Gasteiger partial charge in [0.2, 0.25) is 5.91 Å². The molecule has 0 saturated heterocycles.